The van der Waals surface area contributed by atoms with Crippen LogP contribution in [0.1, 0.15) is 164 Å². The van der Waals surface area contributed by atoms with Crippen LogP contribution in [0.25, 0.3) is 0 Å². The highest BCUT2D eigenvalue weighted by Crippen LogP contribution is 2.48. The van der Waals surface area contributed by atoms with Gasteiger partial charge in [-0.05, 0) is 199 Å². The summed E-state index contributed by atoms with van der Waals surface area (Å²) in [4.78, 5) is 63.4. The van der Waals surface area contributed by atoms with E-state index in [2.05, 4.69) is 95.7 Å². The van der Waals surface area contributed by atoms with Crippen LogP contribution < -0.4 is 0 Å². The van der Waals surface area contributed by atoms with Crippen LogP contribution in [0.3, 0.4) is 0 Å². The summed E-state index contributed by atoms with van der Waals surface area (Å²) in [7, 11) is -5.87. The number of hydrogen-bond acceptors (Lipinski definition) is 16. The highest BCUT2D eigenvalue weighted by atomic mass is 32.2. The fourth-order valence-electron chi connectivity index (χ4n) is 10.4. The van der Waals surface area contributed by atoms with Gasteiger partial charge in [0, 0.05) is 17.5 Å². The van der Waals surface area contributed by atoms with E-state index in [9.17, 15) is 60.3 Å². The number of aromatic hydroxyl groups is 2. The third-order valence-corrected chi connectivity index (χ3v) is 21.7. The van der Waals surface area contributed by atoms with E-state index in [1.54, 1.807) is 19.1 Å². The number of phenols is 2. The minimum Gasteiger partial charge on any atom is -0.743 e. The number of ether oxygens (including phenoxy) is 6. The quantitative estimate of drug-likeness (QED) is 0.0289. The summed E-state index contributed by atoms with van der Waals surface area (Å²) in [5, 5.41) is 15.1. The van der Waals surface area contributed by atoms with Crippen molar-refractivity contribution in [2.24, 2.45) is 27.6 Å². The Morgan fingerprint density at radius 3 is 1.61 bits per heavy atom. The molecule has 5 aliphatic rings. The summed E-state index contributed by atoms with van der Waals surface area (Å²) >= 11 is 0. The van der Waals surface area contributed by atoms with Crippen molar-refractivity contribution in [2.75, 3.05) is 0 Å². The number of hydrogen-bond donors (Lipinski definition) is 2. The molecule has 8 unspecified atom stereocenters. The molecule has 16 nitrogen and oxygen atoms in total. The largest absolute Gasteiger partial charge is 0.743 e. The molecular weight excluding hydrogens is 1240 g/mol. The first kappa shape index (κ1) is 75.1. The van der Waals surface area contributed by atoms with Gasteiger partial charge >= 0.3 is 35.1 Å². The Morgan fingerprint density at radius 2 is 1.13 bits per heavy atom. The molecule has 0 spiro atoms. The van der Waals surface area contributed by atoms with Gasteiger partial charge in [0.15, 0.2) is 43.1 Å². The number of phenolic OH excluding ortho intramolecular Hbond substituents is 2. The Kier molecular flexibility index (Phi) is 24.7. The van der Waals surface area contributed by atoms with E-state index < -0.39 is 66.9 Å². The van der Waals surface area contributed by atoms with Crippen molar-refractivity contribution < 1.29 is 88.7 Å². The van der Waals surface area contributed by atoms with Crippen LogP contribution in [-0.2, 0) is 98.3 Å². The van der Waals surface area contributed by atoms with E-state index in [0.29, 0.717) is 51.0 Å². The van der Waals surface area contributed by atoms with Crippen LogP contribution in [-0.4, -0.2) is 94.9 Å². The van der Waals surface area contributed by atoms with Crippen LogP contribution >= 0.6 is 0 Å². The second-order valence-corrected chi connectivity index (χ2v) is 30.2. The number of alkyl halides is 2. The Hall–Kier alpha value is -6.94. The molecule has 0 saturated carbocycles. The number of rotatable bonds is 17. The first-order chi connectivity index (χ1) is 43.4. The third-order valence-electron chi connectivity index (χ3n) is 18.4. The summed E-state index contributed by atoms with van der Waals surface area (Å²) in [6.45, 7) is 24.3. The molecule has 5 aromatic carbocycles. The summed E-state index contributed by atoms with van der Waals surface area (Å²) in [6.07, 6.45) is 2.60. The van der Waals surface area contributed by atoms with E-state index >= 15 is 0 Å². The van der Waals surface area contributed by atoms with Gasteiger partial charge in [-0.3, -0.25) is 24.0 Å². The van der Waals surface area contributed by atoms with Gasteiger partial charge in [-0.2, -0.15) is 8.78 Å². The molecule has 3 heterocycles. The van der Waals surface area contributed by atoms with E-state index in [1.807, 2.05) is 69.2 Å². The van der Waals surface area contributed by atoms with E-state index in [0.717, 1.165) is 42.4 Å². The minimum atomic E-state index is -5.86. The second-order valence-electron chi connectivity index (χ2n) is 26.8. The molecule has 3 aliphatic heterocycles. The predicted molar refractivity (Wildman–Crippen MR) is 344 cm³/mol. The molecule has 0 aromatic heterocycles. The number of carbonyl (C=O) groups is 5. The SMILES string of the molecule is CCC(C)(C)C(=O)OC(C)C(F)(F)S(=O)(=O)[O-].CCC(C)(C)C(=O)OC1(C)CCc2cc(F)ccc21.CCC(C)(C)C(=O)OC1C2CC3C(=O)OC1C3O2.CCC(C)(C)C(=O)OC1CCc2c(O)ccc(O)c2C1.c1ccc([S+](c2ccccc2)c2ccccc2)cc1. The maximum atomic E-state index is 13.2. The molecule has 2 aliphatic carbocycles. The van der Waals surface area contributed by atoms with Gasteiger partial charge in [-0.15, -0.1) is 0 Å². The lowest BCUT2D eigenvalue weighted by molar-refractivity contribution is -0.170. The monoisotopic (exact) mass is 1330 g/mol. The average Bonchev–Trinajstić information content (AvgIpc) is 1.58. The Balaban J connectivity index is 0.000000185. The molecule has 21 heteroatoms. The topological polar surface area (TPSA) is 238 Å². The highest BCUT2D eigenvalue weighted by molar-refractivity contribution is 7.97. The molecule has 2 N–H and O–H groups in total. The number of carbonyl (C=O) groups excluding carboxylic acids is 5. The van der Waals surface area contributed by atoms with Crippen molar-refractivity contribution in [2.45, 2.75) is 223 Å². The molecule has 3 saturated heterocycles. The number of fused-ring (bicyclic) bond motifs is 3. The standard InChI is InChI=1S/C18H15S.C16H21FO2.C16H22O4.C13H18O5.C9H16F2O5S/c1-4-10-16(11-5-1)19(17-12-6-2-7-13-17)18-14-8-3-9-15-18;1-5-15(2,3)14(18)19-16(4)9-8-11-10-12(17)6-7-13(11)16;1-4-16(2,3)15(19)20-10-5-6-11-12(9-10)14(18)8-7-13(11)17;1-4-13(2,3)12(15)18-9-7-5-6-8(16-7)10(9)17-11(6)14;1-5-8(3,4)7(12)16-6(2)9(10,11)17(13,14)15/h1-15H;6-7,10H,5,8-9H2,1-4H3;7-8,10,17-18H,4-6,9H2,1-3H3;6-10H,4-5H2,1-3H3;6H,5H2,1-4H3,(H,13,14,15)/q+1;;;;/p-1. The molecule has 0 amide bonds. The first-order valence-electron chi connectivity index (χ1n) is 31.6. The van der Waals surface area contributed by atoms with Gasteiger partial charge in [-0.25, -0.2) is 12.8 Å². The zero-order valence-electron chi connectivity index (χ0n) is 55.7. The number of halogens is 3. The Bertz CT molecular complexity index is 3410. The fraction of sp³-hybridized carbons (Fsp3) is 0.514. The second kappa shape index (κ2) is 30.6. The third kappa shape index (κ3) is 18.1. The van der Waals surface area contributed by atoms with Gasteiger partial charge in [0.05, 0.1) is 44.6 Å². The lowest BCUT2D eigenvalue weighted by Crippen LogP contribution is -2.44. The molecule has 93 heavy (non-hydrogen) atoms. The number of benzene rings is 5. The lowest BCUT2D eigenvalue weighted by atomic mass is 9.87. The predicted octanol–water partition coefficient (Wildman–Crippen LogP) is 14.2. The number of aryl methyl sites for hydroxylation is 1. The fourth-order valence-corrected chi connectivity index (χ4v) is 12.9. The maximum Gasteiger partial charge on any atom is 0.369 e. The maximum absolute atomic E-state index is 13.2. The van der Waals surface area contributed by atoms with Crippen molar-refractivity contribution in [3.8, 4) is 11.5 Å². The summed E-state index contributed by atoms with van der Waals surface area (Å²) < 4.78 is 102. The van der Waals surface area contributed by atoms with Crippen molar-refractivity contribution >= 4 is 50.9 Å². The molecule has 3 fully saturated rings. The van der Waals surface area contributed by atoms with Gasteiger partial charge in [0.1, 0.15) is 35.1 Å². The molecule has 5 aromatic rings. The Morgan fingerprint density at radius 1 is 0.667 bits per heavy atom. The van der Waals surface area contributed by atoms with Crippen LogP contribution in [0, 0.1) is 33.4 Å². The molecular formula is C72H91F3O16S2. The van der Waals surface area contributed by atoms with Crippen LogP contribution in [0.5, 0.6) is 11.5 Å². The van der Waals surface area contributed by atoms with Gasteiger partial charge in [0.25, 0.3) is 0 Å². The van der Waals surface area contributed by atoms with Crippen molar-refractivity contribution in [3.05, 3.63) is 149 Å². The van der Waals surface area contributed by atoms with Crippen LogP contribution in [0.4, 0.5) is 13.2 Å². The normalized spacial score (nSPS) is 21.4. The minimum absolute atomic E-state index is 0.0146. The van der Waals surface area contributed by atoms with Gasteiger partial charge in [0.2, 0.25) is 0 Å². The zero-order chi connectivity index (χ0) is 69.2. The summed E-state index contributed by atoms with van der Waals surface area (Å²) in [6, 6.07) is 39.8. The van der Waals surface area contributed by atoms with Crippen molar-refractivity contribution in [1.29, 1.82) is 0 Å². The smallest absolute Gasteiger partial charge is 0.369 e. The summed E-state index contributed by atoms with van der Waals surface area (Å²) in [5.74, 6) is -1.83. The average molecular weight is 1330 g/mol. The molecule has 10 rings (SSSR count). The van der Waals surface area contributed by atoms with E-state index in [1.165, 1.54) is 46.7 Å². The molecule has 0 radical (unpaired) electrons. The summed E-state index contributed by atoms with van der Waals surface area (Å²) in [5.41, 5.74) is 0.245. The van der Waals surface area contributed by atoms with E-state index in [-0.39, 0.29) is 76.3 Å². The molecule has 2 bridgehead atoms. The van der Waals surface area contributed by atoms with Crippen LogP contribution in [0.15, 0.2) is 136 Å². The zero-order valence-corrected chi connectivity index (χ0v) is 57.4. The van der Waals surface area contributed by atoms with E-state index in [4.69, 9.17) is 23.7 Å². The van der Waals surface area contributed by atoms with Crippen molar-refractivity contribution in [3.63, 3.8) is 0 Å². The molecule has 8 atom stereocenters. The highest BCUT2D eigenvalue weighted by Gasteiger charge is 2.65. The van der Waals surface area contributed by atoms with Crippen molar-refractivity contribution in [1.82, 2.24) is 0 Å². The van der Waals surface area contributed by atoms with Crippen LogP contribution in [0.2, 0.25) is 0 Å². The number of esters is 5. The molecule has 508 valence electrons. The van der Waals surface area contributed by atoms with Gasteiger partial charge in [-0.1, -0.05) is 88.4 Å². The van der Waals surface area contributed by atoms with Gasteiger partial charge < -0.3 is 43.2 Å². The lowest BCUT2D eigenvalue weighted by Gasteiger charge is -2.31. The Labute approximate surface area is 548 Å². The first-order valence-corrected chi connectivity index (χ1v) is 34.3.